The minimum Gasteiger partial charge on any atom is -0.496 e. The zero-order chi connectivity index (χ0) is 13.1. The van der Waals surface area contributed by atoms with Gasteiger partial charge in [0.25, 0.3) is 0 Å². The summed E-state index contributed by atoms with van der Waals surface area (Å²) in [5, 5.41) is 0.732. The lowest BCUT2D eigenvalue weighted by atomic mass is 9.99. The van der Waals surface area contributed by atoms with Crippen molar-refractivity contribution in [3.63, 3.8) is 0 Å². The van der Waals surface area contributed by atoms with Crippen molar-refractivity contribution in [3.05, 3.63) is 52.5 Å². The van der Waals surface area contributed by atoms with Gasteiger partial charge in [-0.3, -0.25) is 0 Å². The summed E-state index contributed by atoms with van der Waals surface area (Å²) in [5.41, 5.74) is 10.0. The van der Waals surface area contributed by atoms with Crippen LogP contribution in [0.3, 0.4) is 0 Å². The van der Waals surface area contributed by atoms with E-state index in [-0.39, 0.29) is 0 Å². The molecule has 0 aliphatic rings. The largest absolute Gasteiger partial charge is 0.496 e. The first kappa shape index (κ1) is 12.9. The average molecular weight is 262 g/mol. The van der Waals surface area contributed by atoms with E-state index in [0.29, 0.717) is 6.54 Å². The molecule has 0 saturated heterocycles. The van der Waals surface area contributed by atoms with Crippen molar-refractivity contribution < 1.29 is 4.74 Å². The minimum absolute atomic E-state index is 0.457. The molecule has 3 heteroatoms. The van der Waals surface area contributed by atoms with Gasteiger partial charge in [-0.1, -0.05) is 23.7 Å². The van der Waals surface area contributed by atoms with Gasteiger partial charge >= 0.3 is 0 Å². The Morgan fingerprint density at radius 2 is 1.94 bits per heavy atom. The molecule has 0 atom stereocenters. The molecule has 0 radical (unpaired) electrons. The molecule has 18 heavy (non-hydrogen) atoms. The van der Waals surface area contributed by atoms with E-state index in [1.807, 2.05) is 31.2 Å². The van der Waals surface area contributed by atoms with Crippen LogP contribution < -0.4 is 10.5 Å². The predicted molar refractivity (Wildman–Crippen MR) is 76.1 cm³/mol. The summed E-state index contributed by atoms with van der Waals surface area (Å²) in [6.45, 7) is 2.48. The molecular formula is C15H16ClNO. The van der Waals surface area contributed by atoms with E-state index in [0.717, 1.165) is 33.0 Å². The maximum atomic E-state index is 6.02. The Labute approximate surface area is 112 Å². The van der Waals surface area contributed by atoms with E-state index in [4.69, 9.17) is 22.1 Å². The SMILES string of the molecule is COc1c(C)cc(-c2cccc(Cl)c2)cc1CN. The standard InChI is InChI=1S/C15H16ClNO/c1-10-6-12(7-13(9-17)15(10)18-2)11-4-3-5-14(16)8-11/h3-8H,9,17H2,1-2H3. The van der Waals surface area contributed by atoms with E-state index in [1.165, 1.54) is 0 Å². The lowest BCUT2D eigenvalue weighted by Gasteiger charge is -2.13. The van der Waals surface area contributed by atoms with Gasteiger partial charge in [0.15, 0.2) is 0 Å². The fourth-order valence-corrected chi connectivity index (χ4v) is 2.32. The number of hydrogen-bond donors (Lipinski definition) is 1. The number of nitrogens with two attached hydrogens (primary N) is 1. The molecule has 2 aromatic rings. The quantitative estimate of drug-likeness (QED) is 0.913. The first-order chi connectivity index (χ1) is 8.65. The Kier molecular flexibility index (Phi) is 3.90. The fraction of sp³-hybridized carbons (Fsp3) is 0.200. The molecule has 0 spiro atoms. The van der Waals surface area contributed by atoms with E-state index in [9.17, 15) is 0 Å². The molecule has 0 heterocycles. The van der Waals surface area contributed by atoms with Crippen LogP contribution in [0.5, 0.6) is 5.75 Å². The van der Waals surface area contributed by atoms with Gasteiger partial charge in [-0.2, -0.15) is 0 Å². The summed E-state index contributed by atoms with van der Waals surface area (Å²) in [5.74, 6) is 0.864. The summed E-state index contributed by atoms with van der Waals surface area (Å²) in [4.78, 5) is 0. The van der Waals surface area contributed by atoms with Gasteiger partial charge in [-0.05, 0) is 47.9 Å². The lowest BCUT2D eigenvalue weighted by molar-refractivity contribution is 0.407. The van der Waals surface area contributed by atoms with Gasteiger partial charge in [0.2, 0.25) is 0 Å². The molecule has 94 valence electrons. The van der Waals surface area contributed by atoms with E-state index < -0.39 is 0 Å². The van der Waals surface area contributed by atoms with Crippen LogP contribution in [0.2, 0.25) is 5.02 Å². The van der Waals surface area contributed by atoms with Crippen LogP contribution in [0.4, 0.5) is 0 Å². The Morgan fingerprint density at radius 1 is 1.17 bits per heavy atom. The zero-order valence-corrected chi connectivity index (χ0v) is 11.3. The first-order valence-electron chi connectivity index (χ1n) is 5.79. The van der Waals surface area contributed by atoms with Crippen LogP contribution >= 0.6 is 11.6 Å². The number of hydrogen-bond acceptors (Lipinski definition) is 2. The second-order valence-corrected chi connectivity index (χ2v) is 4.64. The van der Waals surface area contributed by atoms with Gasteiger partial charge < -0.3 is 10.5 Å². The van der Waals surface area contributed by atoms with Crippen molar-refractivity contribution in [2.24, 2.45) is 5.73 Å². The summed E-state index contributed by atoms with van der Waals surface area (Å²) < 4.78 is 5.38. The van der Waals surface area contributed by atoms with Crippen LogP contribution in [0.1, 0.15) is 11.1 Å². The van der Waals surface area contributed by atoms with Crippen LogP contribution in [0.15, 0.2) is 36.4 Å². The average Bonchev–Trinajstić information content (AvgIpc) is 2.37. The maximum absolute atomic E-state index is 6.02. The van der Waals surface area contributed by atoms with Crippen LogP contribution in [-0.2, 0) is 6.54 Å². The summed E-state index contributed by atoms with van der Waals surface area (Å²) in [6.07, 6.45) is 0. The smallest absolute Gasteiger partial charge is 0.126 e. The van der Waals surface area contributed by atoms with Crippen molar-refractivity contribution in [2.75, 3.05) is 7.11 Å². The molecule has 2 rings (SSSR count). The molecule has 0 fully saturated rings. The van der Waals surface area contributed by atoms with Crippen molar-refractivity contribution in [3.8, 4) is 16.9 Å². The summed E-state index contributed by atoms with van der Waals surface area (Å²) in [7, 11) is 1.67. The van der Waals surface area contributed by atoms with E-state index in [2.05, 4.69) is 12.1 Å². The number of aryl methyl sites for hydroxylation is 1. The van der Waals surface area contributed by atoms with Crippen molar-refractivity contribution in [1.29, 1.82) is 0 Å². The molecule has 0 aromatic heterocycles. The zero-order valence-electron chi connectivity index (χ0n) is 10.5. The van der Waals surface area contributed by atoms with Crippen molar-refractivity contribution in [1.82, 2.24) is 0 Å². The van der Waals surface area contributed by atoms with Crippen LogP contribution in [0.25, 0.3) is 11.1 Å². The molecule has 0 aliphatic heterocycles. The van der Waals surface area contributed by atoms with Crippen molar-refractivity contribution >= 4 is 11.6 Å². The monoisotopic (exact) mass is 261 g/mol. The highest BCUT2D eigenvalue weighted by atomic mass is 35.5. The van der Waals surface area contributed by atoms with E-state index in [1.54, 1.807) is 7.11 Å². The first-order valence-corrected chi connectivity index (χ1v) is 6.17. The van der Waals surface area contributed by atoms with Crippen LogP contribution in [0, 0.1) is 6.92 Å². The second kappa shape index (κ2) is 5.42. The third-order valence-corrected chi connectivity index (χ3v) is 3.17. The molecule has 2 nitrogen and oxygen atoms in total. The minimum atomic E-state index is 0.457. The molecule has 0 bridgehead atoms. The lowest BCUT2D eigenvalue weighted by Crippen LogP contribution is -2.02. The number of methoxy groups -OCH3 is 1. The predicted octanol–water partition coefficient (Wildman–Crippen LogP) is 3.78. The Balaban J connectivity index is 2.56. The maximum Gasteiger partial charge on any atom is 0.126 e. The topological polar surface area (TPSA) is 35.2 Å². The van der Waals surface area contributed by atoms with Gasteiger partial charge in [-0.25, -0.2) is 0 Å². The molecule has 0 unspecified atom stereocenters. The van der Waals surface area contributed by atoms with Crippen LogP contribution in [-0.4, -0.2) is 7.11 Å². The molecular weight excluding hydrogens is 246 g/mol. The molecule has 2 N–H and O–H groups in total. The fourth-order valence-electron chi connectivity index (χ4n) is 2.13. The summed E-state index contributed by atoms with van der Waals surface area (Å²) in [6, 6.07) is 11.9. The van der Waals surface area contributed by atoms with Gasteiger partial charge in [-0.15, -0.1) is 0 Å². The molecule has 0 amide bonds. The number of halogens is 1. The number of benzene rings is 2. The van der Waals surface area contributed by atoms with Crippen molar-refractivity contribution in [2.45, 2.75) is 13.5 Å². The molecule has 0 aliphatic carbocycles. The highest BCUT2D eigenvalue weighted by Crippen LogP contribution is 2.31. The van der Waals surface area contributed by atoms with E-state index >= 15 is 0 Å². The Hall–Kier alpha value is -1.51. The highest BCUT2D eigenvalue weighted by molar-refractivity contribution is 6.30. The third kappa shape index (κ3) is 2.50. The Morgan fingerprint density at radius 3 is 2.56 bits per heavy atom. The number of ether oxygens (including phenoxy) is 1. The van der Waals surface area contributed by atoms with Gasteiger partial charge in [0, 0.05) is 17.1 Å². The second-order valence-electron chi connectivity index (χ2n) is 4.20. The Bertz CT molecular complexity index is 566. The normalized spacial score (nSPS) is 10.4. The molecule has 0 saturated carbocycles. The van der Waals surface area contributed by atoms with Gasteiger partial charge in [0.1, 0.15) is 5.75 Å². The van der Waals surface area contributed by atoms with Gasteiger partial charge in [0.05, 0.1) is 7.11 Å². The summed E-state index contributed by atoms with van der Waals surface area (Å²) >= 11 is 6.02. The molecule has 2 aromatic carbocycles. The third-order valence-electron chi connectivity index (χ3n) is 2.93. The number of rotatable bonds is 3. The highest BCUT2D eigenvalue weighted by Gasteiger charge is 2.09.